The number of methoxy groups -OCH3 is 1. The SMILES string of the molecule is COC(=O)[C@H](C(C)C)N1Cc2ccc(-c3ccc(NC(=O)Nc4ccc(Oc5ccccc5)cc4)cc3)cc2C1=O. The predicted molar refractivity (Wildman–Crippen MR) is 158 cm³/mol. The lowest BCUT2D eigenvalue weighted by molar-refractivity contribution is -0.147. The summed E-state index contributed by atoms with van der Waals surface area (Å²) < 4.78 is 10.7. The molecule has 8 nitrogen and oxygen atoms in total. The average Bonchev–Trinajstić information content (AvgIpc) is 3.29. The number of amides is 3. The zero-order valence-corrected chi connectivity index (χ0v) is 23.1. The minimum atomic E-state index is -0.639. The molecule has 0 unspecified atom stereocenters. The van der Waals surface area contributed by atoms with Crippen LogP contribution < -0.4 is 15.4 Å². The highest BCUT2D eigenvalue weighted by Gasteiger charge is 2.38. The van der Waals surface area contributed by atoms with Crippen LogP contribution in [0, 0.1) is 5.92 Å². The number of benzene rings is 4. The summed E-state index contributed by atoms with van der Waals surface area (Å²) in [6, 6.07) is 28.7. The number of hydrogen-bond donors (Lipinski definition) is 2. The van der Waals surface area contributed by atoms with Crippen LogP contribution in [-0.4, -0.2) is 36.0 Å². The fourth-order valence-electron chi connectivity index (χ4n) is 4.88. The maximum Gasteiger partial charge on any atom is 0.328 e. The number of rotatable bonds is 8. The number of ether oxygens (including phenoxy) is 2. The van der Waals surface area contributed by atoms with Crippen molar-refractivity contribution in [3.8, 4) is 22.6 Å². The summed E-state index contributed by atoms with van der Waals surface area (Å²) in [5, 5.41) is 5.64. The van der Waals surface area contributed by atoms with E-state index >= 15 is 0 Å². The number of carbonyl (C=O) groups is 3. The van der Waals surface area contributed by atoms with Crippen molar-refractivity contribution >= 4 is 29.3 Å². The smallest absolute Gasteiger partial charge is 0.328 e. The van der Waals surface area contributed by atoms with Gasteiger partial charge in [0.1, 0.15) is 17.5 Å². The van der Waals surface area contributed by atoms with Crippen LogP contribution >= 0.6 is 0 Å². The van der Waals surface area contributed by atoms with Crippen LogP contribution in [0.5, 0.6) is 11.5 Å². The van der Waals surface area contributed by atoms with Crippen molar-refractivity contribution in [1.29, 1.82) is 0 Å². The Bertz CT molecular complexity index is 1550. The Morgan fingerprint density at radius 3 is 1.98 bits per heavy atom. The molecule has 0 bridgehead atoms. The Balaban J connectivity index is 1.20. The number of nitrogens with zero attached hydrogens (tertiary/aromatic N) is 1. The normalized spacial score (nSPS) is 13.0. The lowest BCUT2D eigenvalue weighted by atomic mass is 10.00. The Morgan fingerprint density at radius 2 is 1.37 bits per heavy atom. The van der Waals surface area contributed by atoms with Gasteiger partial charge in [0.15, 0.2) is 0 Å². The molecule has 0 aliphatic carbocycles. The van der Waals surface area contributed by atoms with Crippen molar-refractivity contribution in [2.75, 3.05) is 17.7 Å². The zero-order valence-electron chi connectivity index (χ0n) is 23.1. The van der Waals surface area contributed by atoms with Gasteiger partial charge >= 0.3 is 12.0 Å². The molecule has 4 aromatic carbocycles. The molecule has 0 radical (unpaired) electrons. The molecule has 0 aromatic heterocycles. The van der Waals surface area contributed by atoms with E-state index in [0.29, 0.717) is 29.2 Å². The fourth-order valence-corrected chi connectivity index (χ4v) is 4.88. The van der Waals surface area contributed by atoms with Crippen LogP contribution in [-0.2, 0) is 16.1 Å². The number of urea groups is 1. The Labute approximate surface area is 238 Å². The number of esters is 1. The first-order valence-corrected chi connectivity index (χ1v) is 13.4. The number of nitrogens with one attached hydrogen (secondary N) is 2. The molecule has 3 amide bonds. The summed E-state index contributed by atoms with van der Waals surface area (Å²) in [5.74, 6) is 0.733. The standard InChI is InChI=1S/C33H31N3O5/c1-21(2)30(32(38)40-3)36-20-24-10-9-23(19-29(24)31(36)37)22-11-13-25(14-12-22)34-33(39)35-26-15-17-28(18-16-26)41-27-7-5-4-6-8-27/h4-19,21,30H,20H2,1-3H3,(H2,34,35,39)/t30-/m0/s1. The van der Waals surface area contributed by atoms with Crippen LogP contribution in [0.25, 0.3) is 11.1 Å². The van der Waals surface area contributed by atoms with Crippen molar-refractivity contribution in [3.05, 3.63) is 108 Å². The molecule has 8 heteroatoms. The first kappa shape index (κ1) is 27.5. The monoisotopic (exact) mass is 549 g/mol. The molecule has 1 aliphatic rings. The van der Waals surface area contributed by atoms with Gasteiger partial charge in [0.05, 0.1) is 7.11 Å². The molecule has 0 saturated carbocycles. The van der Waals surface area contributed by atoms with Gasteiger partial charge in [0.25, 0.3) is 5.91 Å². The van der Waals surface area contributed by atoms with Gasteiger partial charge in [0.2, 0.25) is 0 Å². The number of para-hydroxylation sites is 1. The molecule has 208 valence electrons. The lowest BCUT2D eigenvalue weighted by Crippen LogP contribution is -2.45. The molecule has 0 fully saturated rings. The summed E-state index contributed by atoms with van der Waals surface area (Å²) in [4.78, 5) is 39.7. The Morgan fingerprint density at radius 1 is 0.780 bits per heavy atom. The lowest BCUT2D eigenvalue weighted by Gasteiger charge is -2.28. The predicted octanol–water partition coefficient (Wildman–Crippen LogP) is 6.94. The van der Waals surface area contributed by atoms with Crippen LogP contribution in [0.15, 0.2) is 97.1 Å². The van der Waals surface area contributed by atoms with Crippen molar-refractivity contribution in [2.24, 2.45) is 5.92 Å². The molecular weight excluding hydrogens is 518 g/mol. The molecule has 0 spiro atoms. The van der Waals surface area contributed by atoms with Crippen LogP contribution in [0.4, 0.5) is 16.2 Å². The van der Waals surface area contributed by atoms with Crippen molar-refractivity contribution in [3.63, 3.8) is 0 Å². The van der Waals surface area contributed by atoms with Gasteiger partial charge in [-0.05, 0) is 77.2 Å². The van der Waals surface area contributed by atoms with E-state index in [4.69, 9.17) is 9.47 Å². The van der Waals surface area contributed by atoms with Gasteiger partial charge in [-0.15, -0.1) is 0 Å². The summed E-state index contributed by atoms with van der Waals surface area (Å²) in [5.41, 5.74) is 4.47. The summed E-state index contributed by atoms with van der Waals surface area (Å²) in [7, 11) is 1.34. The van der Waals surface area contributed by atoms with Crippen molar-refractivity contribution in [2.45, 2.75) is 26.4 Å². The molecule has 1 atom stereocenters. The second-order valence-electron chi connectivity index (χ2n) is 10.1. The summed E-state index contributed by atoms with van der Waals surface area (Å²) >= 11 is 0. The number of hydrogen-bond acceptors (Lipinski definition) is 5. The van der Waals surface area contributed by atoms with E-state index in [1.165, 1.54) is 7.11 Å². The van der Waals surface area contributed by atoms with Gasteiger partial charge in [-0.1, -0.05) is 56.3 Å². The van der Waals surface area contributed by atoms with E-state index in [0.717, 1.165) is 22.4 Å². The topological polar surface area (TPSA) is 97.0 Å². The highest BCUT2D eigenvalue weighted by atomic mass is 16.5. The second-order valence-corrected chi connectivity index (χ2v) is 10.1. The third kappa shape index (κ3) is 6.22. The van der Waals surface area contributed by atoms with Gasteiger partial charge in [0, 0.05) is 23.5 Å². The maximum absolute atomic E-state index is 13.2. The molecule has 41 heavy (non-hydrogen) atoms. The second kappa shape index (κ2) is 12.0. The first-order chi connectivity index (χ1) is 19.8. The van der Waals surface area contributed by atoms with Crippen molar-refractivity contribution < 1.29 is 23.9 Å². The van der Waals surface area contributed by atoms with Crippen molar-refractivity contribution in [1.82, 2.24) is 4.90 Å². The molecule has 4 aromatic rings. The van der Waals surface area contributed by atoms with E-state index in [1.54, 1.807) is 41.3 Å². The maximum atomic E-state index is 13.2. The molecular formula is C33H31N3O5. The average molecular weight is 550 g/mol. The molecule has 2 N–H and O–H groups in total. The van der Waals surface area contributed by atoms with Crippen LogP contribution in [0.1, 0.15) is 29.8 Å². The highest BCUT2D eigenvalue weighted by Crippen LogP contribution is 2.32. The van der Waals surface area contributed by atoms with Gasteiger partial charge in [-0.2, -0.15) is 0 Å². The van der Waals surface area contributed by atoms with E-state index < -0.39 is 12.0 Å². The third-order valence-electron chi connectivity index (χ3n) is 6.92. The minimum absolute atomic E-state index is 0.0783. The first-order valence-electron chi connectivity index (χ1n) is 13.4. The van der Waals surface area contributed by atoms with E-state index in [2.05, 4.69) is 10.6 Å². The number of fused-ring (bicyclic) bond motifs is 1. The summed E-state index contributed by atoms with van der Waals surface area (Å²) in [6.45, 7) is 4.17. The van der Waals surface area contributed by atoms with Crippen LogP contribution in [0.3, 0.4) is 0 Å². The zero-order chi connectivity index (χ0) is 28.9. The third-order valence-corrected chi connectivity index (χ3v) is 6.92. The van der Waals surface area contributed by atoms with E-state index in [9.17, 15) is 14.4 Å². The minimum Gasteiger partial charge on any atom is -0.467 e. The van der Waals surface area contributed by atoms with Gasteiger partial charge < -0.3 is 25.0 Å². The molecule has 1 heterocycles. The number of carbonyl (C=O) groups excluding carboxylic acids is 3. The fraction of sp³-hybridized carbons (Fsp3) is 0.182. The Hall–Kier alpha value is -5.11. The van der Waals surface area contributed by atoms with E-state index in [1.807, 2.05) is 74.5 Å². The summed E-state index contributed by atoms with van der Waals surface area (Å²) in [6.07, 6.45) is 0. The highest BCUT2D eigenvalue weighted by molar-refractivity contribution is 6.02. The Kier molecular flexibility index (Phi) is 8.01. The molecule has 0 saturated heterocycles. The van der Waals surface area contributed by atoms with E-state index in [-0.39, 0.29) is 17.9 Å². The molecule has 5 rings (SSSR count). The number of anilines is 2. The van der Waals surface area contributed by atoms with Gasteiger partial charge in [-0.25, -0.2) is 9.59 Å². The molecule has 1 aliphatic heterocycles. The quantitative estimate of drug-likeness (QED) is 0.232. The van der Waals surface area contributed by atoms with Gasteiger partial charge in [-0.3, -0.25) is 4.79 Å². The van der Waals surface area contributed by atoms with Crippen LogP contribution in [0.2, 0.25) is 0 Å². The largest absolute Gasteiger partial charge is 0.467 e.